The molecule has 0 saturated carbocycles. The van der Waals surface area contributed by atoms with Gasteiger partial charge >= 0.3 is 0 Å². The van der Waals surface area contributed by atoms with Crippen LogP contribution in [0.25, 0.3) is 0 Å². The summed E-state index contributed by atoms with van der Waals surface area (Å²) in [6, 6.07) is 4.14. The van der Waals surface area contributed by atoms with Gasteiger partial charge in [-0.1, -0.05) is 17.7 Å². The summed E-state index contributed by atoms with van der Waals surface area (Å²) in [7, 11) is 0. The maximum atomic E-state index is 9.83. The van der Waals surface area contributed by atoms with E-state index in [2.05, 4.69) is 25.0 Å². The van der Waals surface area contributed by atoms with Gasteiger partial charge in [0.2, 0.25) is 0 Å². The van der Waals surface area contributed by atoms with Crippen LogP contribution in [-0.2, 0) is 0 Å². The molecule has 1 N–H and O–H groups in total. The molecular weight excluding hydrogens is 172 g/mol. The zero-order chi connectivity index (χ0) is 10.7. The van der Waals surface area contributed by atoms with Crippen LogP contribution in [0.5, 0.6) is 0 Å². The first-order chi connectivity index (χ1) is 6.56. The molecule has 0 radical (unpaired) electrons. The largest absolute Gasteiger partial charge is 0.387 e. The molecule has 0 aromatic heterocycles. The topological polar surface area (TPSA) is 20.2 Å². The third kappa shape index (κ3) is 2.16. The van der Waals surface area contributed by atoms with E-state index < -0.39 is 6.10 Å². The Kier molecular flexibility index (Phi) is 3.33. The van der Waals surface area contributed by atoms with Crippen LogP contribution >= 0.6 is 0 Å². The predicted octanol–water partition coefficient (Wildman–Crippen LogP) is 2.67. The first-order valence-electron chi connectivity index (χ1n) is 4.75. The molecule has 0 aliphatic rings. The summed E-state index contributed by atoms with van der Waals surface area (Å²) in [6.45, 7) is 6.07. The Morgan fingerprint density at radius 3 is 2.21 bits per heavy atom. The number of terminal acetylenes is 1. The Labute approximate surface area is 85.8 Å². The van der Waals surface area contributed by atoms with Crippen LogP contribution in [0.15, 0.2) is 12.1 Å². The number of hydrogen-bond donors (Lipinski definition) is 1. The van der Waals surface area contributed by atoms with Crippen molar-refractivity contribution in [3.05, 3.63) is 34.4 Å². The van der Waals surface area contributed by atoms with E-state index in [0.717, 1.165) is 16.7 Å². The van der Waals surface area contributed by atoms with Crippen molar-refractivity contribution in [3.8, 4) is 12.3 Å². The first kappa shape index (κ1) is 10.8. The second-order valence-electron chi connectivity index (χ2n) is 3.74. The van der Waals surface area contributed by atoms with Gasteiger partial charge in [-0.3, -0.25) is 0 Å². The Hall–Kier alpha value is -1.26. The van der Waals surface area contributed by atoms with E-state index in [0.29, 0.717) is 6.42 Å². The van der Waals surface area contributed by atoms with E-state index in [1.807, 2.05) is 13.8 Å². The second kappa shape index (κ2) is 4.30. The Bertz CT molecular complexity index is 348. The van der Waals surface area contributed by atoms with Gasteiger partial charge in [0.15, 0.2) is 0 Å². The lowest BCUT2D eigenvalue weighted by atomic mass is 9.94. The normalized spacial score (nSPS) is 12.2. The molecule has 0 aliphatic heterocycles. The molecule has 0 bridgehead atoms. The van der Waals surface area contributed by atoms with E-state index >= 15 is 0 Å². The molecule has 0 spiro atoms. The molecule has 1 nitrogen and oxygen atoms in total. The van der Waals surface area contributed by atoms with Crippen molar-refractivity contribution in [2.24, 2.45) is 0 Å². The van der Waals surface area contributed by atoms with Gasteiger partial charge in [-0.15, -0.1) is 12.3 Å². The molecule has 1 unspecified atom stereocenters. The molecule has 1 atom stereocenters. The van der Waals surface area contributed by atoms with Crippen LogP contribution < -0.4 is 0 Å². The Morgan fingerprint density at radius 2 is 1.79 bits per heavy atom. The highest BCUT2D eigenvalue weighted by atomic mass is 16.3. The fourth-order valence-corrected chi connectivity index (χ4v) is 1.93. The molecule has 0 saturated heterocycles. The van der Waals surface area contributed by atoms with Crippen molar-refractivity contribution in [1.82, 2.24) is 0 Å². The average Bonchev–Trinajstić information content (AvgIpc) is 2.01. The Morgan fingerprint density at radius 1 is 1.29 bits per heavy atom. The summed E-state index contributed by atoms with van der Waals surface area (Å²) in [6.07, 6.45) is 5.04. The molecule has 0 fully saturated rings. The summed E-state index contributed by atoms with van der Waals surface area (Å²) in [5, 5.41) is 9.83. The van der Waals surface area contributed by atoms with Crippen molar-refractivity contribution >= 4 is 0 Å². The van der Waals surface area contributed by atoms with E-state index in [1.165, 1.54) is 5.56 Å². The van der Waals surface area contributed by atoms with Crippen molar-refractivity contribution in [2.45, 2.75) is 33.3 Å². The maximum absolute atomic E-state index is 9.83. The van der Waals surface area contributed by atoms with Gasteiger partial charge in [-0.2, -0.15) is 0 Å². The summed E-state index contributed by atoms with van der Waals surface area (Å²) >= 11 is 0. The molecule has 14 heavy (non-hydrogen) atoms. The van der Waals surface area contributed by atoms with E-state index in [-0.39, 0.29) is 0 Å². The van der Waals surface area contributed by atoms with Crippen LogP contribution in [0.1, 0.15) is 34.8 Å². The number of aliphatic hydroxyl groups is 1. The lowest BCUT2D eigenvalue weighted by Crippen LogP contribution is -2.02. The van der Waals surface area contributed by atoms with Crippen molar-refractivity contribution in [2.75, 3.05) is 0 Å². The van der Waals surface area contributed by atoms with E-state index in [9.17, 15) is 5.11 Å². The number of rotatable bonds is 2. The standard InChI is InChI=1S/C13H16O/c1-5-6-12(14)13-10(3)7-9(2)8-11(13)4/h1,7-8,12,14H,6H2,2-4H3. The van der Waals surface area contributed by atoms with Gasteiger partial charge in [0.1, 0.15) is 0 Å². The van der Waals surface area contributed by atoms with Gasteiger partial charge in [0, 0.05) is 6.42 Å². The quantitative estimate of drug-likeness (QED) is 0.707. The zero-order valence-corrected chi connectivity index (χ0v) is 8.96. The number of aryl methyl sites for hydroxylation is 3. The number of benzene rings is 1. The molecule has 0 amide bonds. The van der Waals surface area contributed by atoms with Crippen molar-refractivity contribution in [1.29, 1.82) is 0 Å². The van der Waals surface area contributed by atoms with Crippen LogP contribution in [0, 0.1) is 33.1 Å². The molecular formula is C13H16O. The first-order valence-corrected chi connectivity index (χ1v) is 4.75. The van der Waals surface area contributed by atoms with Crippen LogP contribution in [0.2, 0.25) is 0 Å². The molecule has 0 aliphatic carbocycles. The lowest BCUT2D eigenvalue weighted by Gasteiger charge is -2.15. The van der Waals surface area contributed by atoms with E-state index in [1.54, 1.807) is 0 Å². The van der Waals surface area contributed by atoms with Gasteiger partial charge in [-0.25, -0.2) is 0 Å². The summed E-state index contributed by atoms with van der Waals surface area (Å²) < 4.78 is 0. The molecule has 1 heteroatoms. The van der Waals surface area contributed by atoms with Crippen LogP contribution in [0.4, 0.5) is 0 Å². The minimum absolute atomic E-state index is 0.380. The minimum Gasteiger partial charge on any atom is -0.387 e. The number of aliphatic hydroxyl groups excluding tert-OH is 1. The Balaban J connectivity index is 3.15. The number of hydrogen-bond acceptors (Lipinski definition) is 1. The average molecular weight is 188 g/mol. The van der Waals surface area contributed by atoms with Gasteiger partial charge < -0.3 is 5.11 Å². The van der Waals surface area contributed by atoms with Crippen LogP contribution in [-0.4, -0.2) is 5.11 Å². The molecule has 74 valence electrons. The monoisotopic (exact) mass is 188 g/mol. The van der Waals surface area contributed by atoms with Crippen molar-refractivity contribution < 1.29 is 5.11 Å². The zero-order valence-electron chi connectivity index (χ0n) is 8.96. The van der Waals surface area contributed by atoms with Gasteiger partial charge in [0.25, 0.3) is 0 Å². The second-order valence-corrected chi connectivity index (χ2v) is 3.74. The third-order valence-corrected chi connectivity index (χ3v) is 2.38. The fraction of sp³-hybridized carbons (Fsp3) is 0.385. The predicted molar refractivity (Wildman–Crippen MR) is 59.1 cm³/mol. The van der Waals surface area contributed by atoms with Crippen LogP contribution in [0.3, 0.4) is 0 Å². The summed E-state index contributed by atoms with van der Waals surface area (Å²) in [5.41, 5.74) is 4.43. The SMILES string of the molecule is C#CCC(O)c1c(C)cc(C)cc1C. The third-order valence-electron chi connectivity index (χ3n) is 2.38. The van der Waals surface area contributed by atoms with Gasteiger partial charge in [0.05, 0.1) is 6.10 Å². The van der Waals surface area contributed by atoms with E-state index in [4.69, 9.17) is 6.42 Å². The molecule has 1 aromatic carbocycles. The molecule has 0 heterocycles. The highest BCUT2D eigenvalue weighted by Gasteiger charge is 2.12. The van der Waals surface area contributed by atoms with Gasteiger partial charge in [-0.05, 0) is 37.5 Å². The highest BCUT2D eigenvalue weighted by molar-refractivity contribution is 5.39. The highest BCUT2D eigenvalue weighted by Crippen LogP contribution is 2.25. The smallest absolute Gasteiger partial charge is 0.0904 e. The molecule has 1 rings (SSSR count). The summed E-state index contributed by atoms with van der Waals surface area (Å²) in [4.78, 5) is 0. The lowest BCUT2D eigenvalue weighted by molar-refractivity contribution is 0.182. The maximum Gasteiger partial charge on any atom is 0.0904 e. The minimum atomic E-state index is -0.527. The van der Waals surface area contributed by atoms with Crippen molar-refractivity contribution in [3.63, 3.8) is 0 Å². The fourth-order valence-electron chi connectivity index (χ4n) is 1.93. The summed E-state index contributed by atoms with van der Waals surface area (Å²) in [5.74, 6) is 2.49. The molecule has 1 aromatic rings.